The predicted molar refractivity (Wildman–Crippen MR) is 68.8 cm³/mol. The fourth-order valence-electron chi connectivity index (χ4n) is 1.40. The summed E-state index contributed by atoms with van der Waals surface area (Å²) in [5.74, 6) is -1.28. The second-order valence-corrected chi connectivity index (χ2v) is 3.90. The number of urea groups is 1. The summed E-state index contributed by atoms with van der Waals surface area (Å²) in [5, 5.41) is 11.1. The first-order valence-electron chi connectivity index (χ1n) is 6.41. The molecule has 0 bridgehead atoms. The smallest absolute Gasteiger partial charge is 0.325 e. The minimum Gasteiger partial charge on any atom is -0.481 e. The van der Waals surface area contributed by atoms with Crippen molar-refractivity contribution in [2.24, 2.45) is 0 Å². The molecule has 110 valence electrons. The van der Waals surface area contributed by atoms with Crippen LogP contribution < -0.4 is 5.32 Å². The van der Waals surface area contributed by atoms with Crippen LogP contribution in [-0.2, 0) is 14.3 Å². The van der Waals surface area contributed by atoms with Crippen molar-refractivity contribution in [1.29, 1.82) is 0 Å². The standard InChI is InChI=1S/C12H22N2O5/c1-3-14(9-11(17)19-4-2)12(18)13-8-6-5-7-10(15)16/h3-9H2,1-2H3,(H,13,18)(H,15,16). The molecule has 2 amide bonds. The molecular weight excluding hydrogens is 252 g/mol. The first-order chi connectivity index (χ1) is 9.01. The van der Waals surface area contributed by atoms with Crippen LogP contribution in [0.3, 0.4) is 0 Å². The van der Waals surface area contributed by atoms with E-state index in [1.54, 1.807) is 13.8 Å². The maximum absolute atomic E-state index is 11.7. The number of carbonyl (C=O) groups is 3. The fraction of sp³-hybridized carbons (Fsp3) is 0.750. The SMILES string of the molecule is CCOC(=O)CN(CC)C(=O)NCCCCC(=O)O. The fourth-order valence-corrected chi connectivity index (χ4v) is 1.40. The Labute approximate surface area is 112 Å². The molecule has 2 N–H and O–H groups in total. The maximum atomic E-state index is 11.7. The summed E-state index contributed by atoms with van der Waals surface area (Å²) in [7, 11) is 0. The minimum absolute atomic E-state index is 0.0781. The summed E-state index contributed by atoms with van der Waals surface area (Å²) >= 11 is 0. The second-order valence-electron chi connectivity index (χ2n) is 3.90. The van der Waals surface area contributed by atoms with Gasteiger partial charge in [0.05, 0.1) is 6.61 Å². The van der Waals surface area contributed by atoms with E-state index in [1.807, 2.05) is 0 Å². The van der Waals surface area contributed by atoms with E-state index in [1.165, 1.54) is 4.90 Å². The molecule has 0 aromatic carbocycles. The van der Waals surface area contributed by atoms with Gasteiger partial charge in [0.15, 0.2) is 0 Å². The molecule has 0 saturated carbocycles. The summed E-state index contributed by atoms with van der Waals surface area (Å²) in [6.07, 6.45) is 1.20. The van der Waals surface area contributed by atoms with E-state index in [0.717, 1.165) is 0 Å². The number of carboxylic acids is 1. The van der Waals surface area contributed by atoms with Crippen LogP contribution in [0.2, 0.25) is 0 Å². The molecule has 0 aliphatic heterocycles. The zero-order chi connectivity index (χ0) is 14.7. The molecule has 0 unspecified atom stereocenters. The lowest BCUT2D eigenvalue weighted by Gasteiger charge is -2.20. The van der Waals surface area contributed by atoms with Gasteiger partial charge in [0.2, 0.25) is 0 Å². The predicted octanol–water partition coefficient (Wildman–Crippen LogP) is 0.836. The molecule has 0 aliphatic rings. The highest BCUT2D eigenvalue weighted by atomic mass is 16.5. The number of hydrogen-bond donors (Lipinski definition) is 2. The lowest BCUT2D eigenvalue weighted by atomic mass is 10.2. The van der Waals surface area contributed by atoms with Crippen molar-refractivity contribution in [2.45, 2.75) is 33.1 Å². The number of ether oxygens (including phenoxy) is 1. The second kappa shape index (κ2) is 10.2. The van der Waals surface area contributed by atoms with E-state index in [0.29, 0.717) is 25.9 Å². The Kier molecular flexibility index (Phi) is 9.20. The van der Waals surface area contributed by atoms with Gasteiger partial charge in [-0.2, -0.15) is 0 Å². The van der Waals surface area contributed by atoms with E-state index in [-0.39, 0.29) is 25.6 Å². The van der Waals surface area contributed by atoms with Crippen molar-refractivity contribution < 1.29 is 24.2 Å². The highest BCUT2D eigenvalue weighted by Gasteiger charge is 2.15. The van der Waals surface area contributed by atoms with Crippen molar-refractivity contribution in [3.8, 4) is 0 Å². The molecule has 0 saturated heterocycles. The lowest BCUT2D eigenvalue weighted by molar-refractivity contribution is -0.143. The Morgan fingerprint density at radius 1 is 1.21 bits per heavy atom. The highest BCUT2D eigenvalue weighted by molar-refractivity contribution is 5.80. The van der Waals surface area contributed by atoms with Gasteiger partial charge >= 0.3 is 18.0 Å². The van der Waals surface area contributed by atoms with Crippen molar-refractivity contribution >= 4 is 18.0 Å². The highest BCUT2D eigenvalue weighted by Crippen LogP contribution is 1.95. The molecule has 0 atom stereocenters. The monoisotopic (exact) mass is 274 g/mol. The average Bonchev–Trinajstić information content (AvgIpc) is 2.35. The van der Waals surface area contributed by atoms with Gasteiger partial charge in [-0.25, -0.2) is 4.79 Å². The van der Waals surface area contributed by atoms with Crippen LogP contribution in [0.1, 0.15) is 33.1 Å². The van der Waals surface area contributed by atoms with E-state index in [4.69, 9.17) is 9.84 Å². The zero-order valence-electron chi connectivity index (χ0n) is 11.5. The van der Waals surface area contributed by atoms with E-state index < -0.39 is 11.9 Å². The van der Waals surface area contributed by atoms with Crippen LogP contribution in [0, 0.1) is 0 Å². The normalized spacial score (nSPS) is 9.79. The third kappa shape index (κ3) is 8.87. The molecule has 0 spiro atoms. The maximum Gasteiger partial charge on any atom is 0.325 e. The number of unbranched alkanes of at least 4 members (excludes halogenated alkanes) is 1. The van der Waals surface area contributed by atoms with Gasteiger partial charge in [-0.3, -0.25) is 9.59 Å². The number of carboxylic acid groups (broad SMARTS) is 1. The van der Waals surface area contributed by atoms with Crippen LogP contribution in [0.25, 0.3) is 0 Å². The van der Waals surface area contributed by atoms with Crippen LogP contribution in [0.4, 0.5) is 4.79 Å². The number of nitrogens with zero attached hydrogens (tertiary/aromatic N) is 1. The first-order valence-corrected chi connectivity index (χ1v) is 6.41. The van der Waals surface area contributed by atoms with Crippen molar-refractivity contribution in [1.82, 2.24) is 10.2 Å². The average molecular weight is 274 g/mol. The van der Waals surface area contributed by atoms with Crippen LogP contribution in [0.5, 0.6) is 0 Å². The van der Waals surface area contributed by atoms with Crippen LogP contribution >= 0.6 is 0 Å². The molecule has 19 heavy (non-hydrogen) atoms. The molecule has 0 radical (unpaired) electrons. The molecule has 7 nitrogen and oxygen atoms in total. The Morgan fingerprint density at radius 3 is 2.42 bits per heavy atom. The molecule has 0 rings (SSSR count). The minimum atomic E-state index is -0.844. The number of carbonyl (C=O) groups excluding carboxylic acids is 2. The Bertz CT molecular complexity index is 306. The molecule has 0 aromatic rings. The number of esters is 1. The third-order valence-corrected chi connectivity index (χ3v) is 2.39. The molecule has 0 fully saturated rings. The van der Waals surface area contributed by atoms with Crippen LogP contribution in [0.15, 0.2) is 0 Å². The van der Waals surface area contributed by atoms with Gasteiger partial charge in [0.1, 0.15) is 6.54 Å². The van der Waals surface area contributed by atoms with Gasteiger partial charge in [0.25, 0.3) is 0 Å². The van der Waals surface area contributed by atoms with Crippen molar-refractivity contribution in [3.05, 3.63) is 0 Å². The molecular formula is C12H22N2O5. The Morgan fingerprint density at radius 2 is 1.89 bits per heavy atom. The van der Waals surface area contributed by atoms with Crippen molar-refractivity contribution in [2.75, 3.05) is 26.2 Å². The van der Waals surface area contributed by atoms with Gasteiger partial charge in [-0.15, -0.1) is 0 Å². The summed E-state index contributed by atoms with van der Waals surface area (Å²) in [6.45, 7) is 4.48. The zero-order valence-corrected chi connectivity index (χ0v) is 11.5. The summed E-state index contributed by atoms with van der Waals surface area (Å²) in [4.78, 5) is 34.6. The molecule has 0 aliphatic carbocycles. The quantitative estimate of drug-likeness (QED) is 0.479. The number of aliphatic carboxylic acids is 1. The largest absolute Gasteiger partial charge is 0.481 e. The number of hydrogen-bond acceptors (Lipinski definition) is 4. The van der Waals surface area contributed by atoms with Gasteiger partial charge < -0.3 is 20.1 Å². The topological polar surface area (TPSA) is 95.9 Å². The molecule has 7 heteroatoms. The summed E-state index contributed by atoms with van der Waals surface area (Å²) < 4.78 is 4.77. The summed E-state index contributed by atoms with van der Waals surface area (Å²) in [5.41, 5.74) is 0. The number of amides is 2. The third-order valence-electron chi connectivity index (χ3n) is 2.39. The Hall–Kier alpha value is -1.79. The first kappa shape index (κ1) is 17.2. The summed E-state index contributed by atoms with van der Waals surface area (Å²) in [6, 6.07) is -0.342. The van der Waals surface area contributed by atoms with Gasteiger partial charge in [-0.1, -0.05) is 0 Å². The molecule has 0 aromatic heterocycles. The number of rotatable bonds is 9. The lowest BCUT2D eigenvalue weighted by Crippen LogP contribution is -2.43. The number of likely N-dealkylation sites (N-methyl/N-ethyl adjacent to an activating group) is 1. The van der Waals surface area contributed by atoms with Crippen molar-refractivity contribution in [3.63, 3.8) is 0 Å². The van der Waals surface area contributed by atoms with E-state index >= 15 is 0 Å². The van der Waals surface area contributed by atoms with Gasteiger partial charge in [0, 0.05) is 19.5 Å². The molecule has 0 heterocycles. The van der Waals surface area contributed by atoms with Gasteiger partial charge in [-0.05, 0) is 26.7 Å². The number of nitrogens with one attached hydrogen (secondary N) is 1. The van der Waals surface area contributed by atoms with E-state index in [9.17, 15) is 14.4 Å². The Balaban J connectivity index is 3.88. The van der Waals surface area contributed by atoms with E-state index in [2.05, 4.69) is 5.32 Å². The van der Waals surface area contributed by atoms with Crippen LogP contribution in [-0.4, -0.2) is 54.2 Å².